The van der Waals surface area contributed by atoms with Gasteiger partial charge in [0.15, 0.2) is 0 Å². The molecule has 1 atom stereocenters. The van der Waals surface area contributed by atoms with Crippen molar-refractivity contribution < 1.29 is 5.11 Å². The fraction of sp³-hybridized carbons (Fsp3) is 1.00. The van der Waals surface area contributed by atoms with E-state index < -0.39 is 0 Å². The largest absolute Gasteiger partial charge is 0.394 e. The zero-order valence-corrected chi connectivity index (χ0v) is 8.14. The van der Waals surface area contributed by atoms with E-state index in [0.29, 0.717) is 0 Å². The summed E-state index contributed by atoms with van der Waals surface area (Å²) in [6.07, 6.45) is 3.32. The van der Waals surface area contributed by atoms with Crippen LogP contribution in [0.25, 0.3) is 0 Å². The van der Waals surface area contributed by atoms with E-state index in [-0.39, 0.29) is 12.1 Å². The van der Waals surface area contributed by atoms with Gasteiger partial charge in [0.25, 0.3) is 0 Å². The van der Waals surface area contributed by atoms with Gasteiger partial charge in [-0.15, -0.1) is 0 Å². The van der Waals surface area contributed by atoms with Crippen LogP contribution in [-0.2, 0) is 0 Å². The van der Waals surface area contributed by atoms with Crippen molar-refractivity contribution in [3.8, 4) is 0 Å². The molecule has 0 bridgehead atoms. The quantitative estimate of drug-likeness (QED) is 0.618. The van der Waals surface area contributed by atoms with Gasteiger partial charge >= 0.3 is 0 Å². The summed E-state index contributed by atoms with van der Waals surface area (Å²) in [5.74, 6) is 0. The molecule has 3 nitrogen and oxygen atoms in total. The molecule has 1 unspecified atom stereocenters. The number of hydrogen-bond donors (Lipinski definition) is 2. The lowest BCUT2D eigenvalue weighted by Crippen LogP contribution is -2.48. The van der Waals surface area contributed by atoms with Crippen molar-refractivity contribution in [3.63, 3.8) is 0 Å². The molecule has 0 aromatic carbocycles. The Morgan fingerprint density at radius 3 is 2.67 bits per heavy atom. The van der Waals surface area contributed by atoms with Crippen LogP contribution in [-0.4, -0.2) is 49.3 Å². The fourth-order valence-corrected chi connectivity index (χ4v) is 1.86. The first-order valence-corrected chi connectivity index (χ1v) is 4.70. The van der Waals surface area contributed by atoms with E-state index in [1.165, 1.54) is 6.42 Å². The summed E-state index contributed by atoms with van der Waals surface area (Å²) in [7, 11) is 4.11. The minimum absolute atomic E-state index is 0.0313. The van der Waals surface area contributed by atoms with Crippen molar-refractivity contribution in [3.05, 3.63) is 0 Å². The Bertz CT molecular complexity index is 128. The molecule has 0 aliphatic carbocycles. The number of rotatable bonds is 2. The Kier molecular flexibility index (Phi) is 3.50. The average Bonchev–Trinajstić information content (AvgIpc) is 2.29. The molecule has 3 heteroatoms. The zero-order valence-electron chi connectivity index (χ0n) is 8.14. The Hall–Kier alpha value is -0.120. The van der Waals surface area contributed by atoms with E-state index in [1.54, 1.807) is 0 Å². The van der Waals surface area contributed by atoms with Crippen LogP contribution in [0.4, 0.5) is 0 Å². The molecule has 1 heterocycles. The summed E-state index contributed by atoms with van der Waals surface area (Å²) in [5, 5.41) is 12.7. The monoisotopic (exact) mass is 172 g/mol. The van der Waals surface area contributed by atoms with E-state index in [9.17, 15) is 5.11 Å². The van der Waals surface area contributed by atoms with Crippen LogP contribution < -0.4 is 5.32 Å². The molecule has 1 rings (SSSR count). The number of nitrogens with zero attached hydrogens (tertiary/aromatic N) is 1. The molecule has 1 fully saturated rings. The second kappa shape index (κ2) is 4.21. The van der Waals surface area contributed by atoms with Crippen LogP contribution >= 0.6 is 0 Å². The van der Waals surface area contributed by atoms with E-state index in [2.05, 4.69) is 24.3 Å². The first kappa shape index (κ1) is 9.96. The second-order valence-electron chi connectivity index (χ2n) is 3.88. The predicted octanol–water partition coefficient (Wildman–Crippen LogP) is 0.0526. The minimum Gasteiger partial charge on any atom is -0.394 e. The standard InChI is InChI=1S/C9H20N2O/c1-11(2)9(8-12)4-3-6-10-7-5-9/h10,12H,3-8H2,1-2H3. The maximum atomic E-state index is 9.37. The van der Waals surface area contributed by atoms with Crippen LogP contribution in [0.15, 0.2) is 0 Å². The summed E-state index contributed by atoms with van der Waals surface area (Å²) >= 11 is 0. The Morgan fingerprint density at radius 2 is 2.08 bits per heavy atom. The molecule has 1 saturated heterocycles. The highest BCUT2D eigenvalue weighted by molar-refractivity contribution is 4.89. The van der Waals surface area contributed by atoms with Crippen molar-refractivity contribution in [1.29, 1.82) is 0 Å². The molecule has 72 valence electrons. The second-order valence-corrected chi connectivity index (χ2v) is 3.88. The van der Waals surface area contributed by atoms with Crippen molar-refractivity contribution in [2.24, 2.45) is 0 Å². The average molecular weight is 172 g/mol. The van der Waals surface area contributed by atoms with Gasteiger partial charge in [0.2, 0.25) is 0 Å². The van der Waals surface area contributed by atoms with Gasteiger partial charge in [-0.25, -0.2) is 0 Å². The Morgan fingerprint density at radius 1 is 1.33 bits per heavy atom. The Balaban J connectivity index is 2.61. The summed E-state index contributed by atoms with van der Waals surface area (Å²) in [5.41, 5.74) is 0.0313. The molecule has 1 aliphatic rings. The molecule has 12 heavy (non-hydrogen) atoms. The summed E-state index contributed by atoms with van der Waals surface area (Å²) in [6.45, 7) is 2.40. The van der Waals surface area contributed by atoms with Gasteiger partial charge in [0.1, 0.15) is 0 Å². The van der Waals surface area contributed by atoms with Gasteiger partial charge in [-0.2, -0.15) is 0 Å². The highest BCUT2D eigenvalue weighted by Gasteiger charge is 2.31. The molecule has 0 aromatic rings. The first-order chi connectivity index (χ1) is 5.71. The van der Waals surface area contributed by atoms with Gasteiger partial charge in [-0.3, -0.25) is 0 Å². The third-order valence-corrected chi connectivity index (χ3v) is 3.01. The highest BCUT2D eigenvalue weighted by Crippen LogP contribution is 2.23. The van der Waals surface area contributed by atoms with Crippen molar-refractivity contribution >= 4 is 0 Å². The third kappa shape index (κ3) is 1.97. The molecule has 2 N–H and O–H groups in total. The van der Waals surface area contributed by atoms with Crippen LogP contribution in [0.3, 0.4) is 0 Å². The van der Waals surface area contributed by atoms with E-state index in [0.717, 1.165) is 25.9 Å². The molecule has 0 amide bonds. The van der Waals surface area contributed by atoms with Gasteiger partial charge in [0, 0.05) is 5.54 Å². The maximum Gasteiger partial charge on any atom is 0.0615 e. The topological polar surface area (TPSA) is 35.5 Å². The van der Waals surface area contributed by atoms with E-state index in [1.807, 2.05) is 0 Å². The number of likely N-dealkylation sites (N-methyl/N-ethyl adjacent to an activating group) is 1. The van der Waals surface area contributed by atoms with Gasteiger partial charge in [0.05, 0.1) is 6.61 Å². The Labute approximate surface area is 74.8 Å². The lowest BCUT2D eigenvalue weighted by Gasteiger charge is -2.37. The van der Waals surface area contributed by atoms with Crippen LogP contribution in [0.2, 0.25) is 0 Å². The number of aliphatic hydroxyl groups excluding tert-OH is 1. The summed E-state index contributed by atoms with van der Waals surface area (Å²) < 4.78 is 0. The molecule has 0 aromatic heterocycles. The van der Waals surface area contributed by atoms with Crippen LogP contribution in [0.1, 0.15) is 19.3 Å². The minimum atomic E-state index is 0.0313. The zero-order chi connectivity index (χ0) is 9.03. The lowest BCUT2D eigenvalue weighted by atomic mass is 9.90. The van der Waals surface area contributed by atoms with E-state index in [4.69, 9.17) is 0 Å². The van der Waals surface area contributed by atoms with Crippen molar-refractivity contribution in [2.45, 2.75) is 24.8 Å². The van der Waals surface area contributed by atoms with Crippen molar-refractivity contribution in [1.82, 2.24) is 10.2 Å². The molecule has 1 aliphatic heterocycles. The van der Waals surface area contributed by atoms with Gasteiger partial charge < -0.3 is 15.3 Å². The molecule has 0 saturated carbocycles. The normalized spacial score (nSPS) is 32.0. The first-order valence-electron chi connectivity index (χ1n) is 4.70. The number of hydrogen-bond acceptors (Lipinski definition) is 3. The van der Waals surface area contributed by atoms with Gasteiger partial charge in [-0.05, 0) is 46.4 Å². The molecule has 0 radical (unpaired) electrons. The van der Waals surface area contributed by atoms with E-state index >= 15 is 0 Å². The lowest BCUT2D eigenvalue weighted by molar-refractivity contribution is 0.0573. The SMILES string of the molecule is CN(C)C1(CO)CCCNCC1. The highest BCUT2D eigenvalue weighted by atomic mass is 16.3. The smallest absolute Gasteiger partial charge is 0.0615 e. The number of aliphatic hydroxyl groups is 1. The van der Waals surface area contributed by atoms with Crippen LogP contribution in [0.5, 0.6) is 0 Å². The van der Waals surface area contributed by atoms with Crippen LogP contribution in [0, 0.1) is 0 Å². The molecular weight excluding hydrogens is 152 g/mol. The molecule has 0 spiro atoms. The van der Waals surface area contributed by atoms with Gasteiger partial charge in [-0.1, -0.05) is 0 Å². The third-order valence-electron chi connectivity index (χ3n) is 3.01. The summed E-state index contributed by atoms with van der Waals surface area (Å²) in [4.78, 5) is 2.17. The maximum absolute atomic E-state index is 9.37. The number of nitrogens with one attached hydrogen (secondary N) is 1. The fourth-order valence-electron chi connectivity index (χ4n) is 1.86. The van der Waals surface area contributed by atoms with Crippen molar-refractivity contribution in [2.75, 3.05) is 33.8 Å². The molecular formula is C9H20N2O. The predicted molar refractivity (Wildman–Crippen MR) is 50.2 cm³/mol. The summed E-state index contributed by atoms with van der Waals surface area (Å²) in [6, 6.07) is 0.